The average Bonchev–Trinajstić information content (AvgIpc) is 2.37. The highest BCUT2D eigenvalue weighted by Crippen LogP contribution is 2.29. The lowest BCUT2D eigenvalue weighted by molar-refractivity contribution is 0.127. The second-order valence-corrected chi connectivity index (χ2v) is 6.16. The summed E-state index contributed by atoms with van der Waals surface area (Å²) in [5.41, 5.74) is 7.56. The van der Waals surface area contributed by atoms with Gasteiger partial charge in [-0.3, -0.25) is 4.90 Å². The van der Waals surface area contributed by atoms with Gasteiger partial charge in [0.2, 0.25) is 0 Å². The zero-order valence-electron chi connectivity index (χ0n) is 12.7. The third kappa shape index (κ3) is 4.20. The molecule has 0 fully saturated rings. The van der Waals surface area contributed by atoms with Gasteiger partial charge in [-0.05, 0) is 44.0 Å². The molecule has 2 N–H and O–H groups in total. The number of nitrogens with zero attached hydrogens (tertiary/aromatic N) is 1. The quantitative estimate of drug-likeness (QED) is 0.851. The van der Waals surface area contributed by atoms with Gasteiger partial charge in [0.1, 0.15) is 0 Å². The fourth-order valence-corrected chi connectivity index (χ4v) is 2.62. The highest BCUT2D eigenvalue weighted by Gasteiger charge is 2.27. The molecule has 108 valence electrons. The Morgan fingerprint density at radius 2 is 1.89 bits per heavy atom. The van der Waals surface area contributed by atoms with Crippen LogP contribution in [0.5, 0.6) is 0 Å². The van der Waals surface area contributed by atoms with E-state index in [2.05, 4.69) is 45.7 Å². The minimum Gasteiger partial charge on any atom is -0.326 e. The van der Waals surface area contributed by atoms with E-state index in [4.69, 9.17) is 17.3 Å². The van der Waals surface area contributed by atoms with Gasteiger partial charge in [-0.1, -0.05) is 44.5 Å². The molecule has 1 aromatic carbocycles. The lowest BCUT2D eigenvalue weighted by Gasteiger charge is -2.38. The first-order valence-electron chi connectivity index (χ1n) is 7.11. The Labute approximate surface area is 122 Å². The summed E-state index contributed by atoms with van der Waals surface area (Å²) in [5, 5.41) is 0.774. The summed E-state index contributed by atoms with van der Waals surface area (Å²) in [5.74, 6) is 0.593. The van der Waals surface area contributed by atoms with E-state index in [1.165, 1.54) is 5.56 Å². The molecule has 1 aromatic rings. The standard InChI is InChI=1S/C16H27ClN2/c1-6-15(18)16(19(5)12(4)11(2)3)13-8-7-9-14(17)10-13/h7-12,15-16H,6,18H2,1-5H3. The Bertz CT molecular complexity index is 392. The van der Waals surface area contributed by atoms with Gasteiger partial charge in [0.15, 0.2) is 0 Å². The van der Waals surface area contributed by atoms with Crippen LogP contribution in [0.1, 0.15) is 45.7 Å². The van der Waals surface area contributed by atoms with Crippen molar-refractivity contribution in [1.29, 1.82) is 0 Å². The SMILES string of the molecule is CCC(N)C(c1cccc(Cl)c1)N(C)C(C)C(C)C. The van der Waals surface area contributed by atoms with Crippen molar-refractivity contribution in [2.45, 2.75) is 52.2 Å². The summed E-state index contributed by atoms with van der Waals surface area (Å²) in [7, 11) is 2.16. The summed E-state index contributed by atoms with van der Waals surface area (Å²) < 4.78 is 0. The van der Waals surface area contributed by atoms with Crippen LogP contribution in [0, 0.1) is 5.92 Å². The van der Waals surface area contributed by atoms with Crippen molar-refractivity contribution in [3.05, 3.63) is 34.9 Å². The van der Waals surface area contributed by atoms with Gasteiger partial charge in [-0.25, -0.2) is 0 Å². The van der Waals surface area contributed by atoms with Gasteiger partial charge in [0.05, 0.1) is 0 Å². The zero-order chi connectivity index (χ0) is 14.6. The first kappa shape index (κ1) is 16.5. The van der Waals surface area contributed by atoms with Crippen LogP contribution in [0.2, 0.25) is 5.02 Å². The maximum absolute atomic E-state index is 6.35. The number of rotatable bonds is 6. The molecular weight excluding hydrogens is 256 g/mol. The third-order valence-corrected chi connectivity index (χ3v) is 4.35. The lowest BCUT2D eigenvalue weighted by Crippen LogP contribution is -2.44. The van der Waals surface area contributed by atoms with E-state index in [9.17, 15) is 0 Å². The number of hydrogen-bond acceptors (Lipinski definition) is 2. The molecule has 0 aliphatic rings. The highest BCUT2D eigenvalue weighted by atomic mass is 35.5. The Balaban J connectivity index is 3.08. The van der Waals surface area contributed by atoms with Crippen LogP contribution in [0.15, 0.2) is 24.3 Å². The molecular formula is C16H27ClN2. The van der Waals surface area contributed by atoms with E-state index in [0.29, 0.717) is 12.0 Å². The molecule has 0 radical (unpaired) electrons. The summed E-state index contributed by atoms with van der Waals surface area (Å²) >= 11 is 6.12. The zero-order valence-corrected chi connectivity index (χ0v) is 13.5. The van der Waals surface area contributed by atoms with Crippen LogP contribution < -0.4 is 5.73 Å². The van der Waals surface area contributed by atoms with Crippen molar-refractivity contribution in [1.82, 2.24) is 4.90 Å². The minimum absolute atomic E-state index is 0.115. The molecule has 0 aromatic heterocycles. The van der Waals surface area contributed by atoms with E-state index in [1.807, 2.05) is 18.2 Å². The maximum atomic E-state index is 6.35. The summed E-state index contributed by atoms with van der Waals surface area (Å²) in [6, 6.07) is 8.86. The fraction of sp³-hybridized carbons (Fsp3) is 0.625. The predicted octanol–water partition coefficient (Wildman–Crippen LogP) is 4.09. The summed E-state index contributed by atoms with van der Waals surface area (Å²) in [6.45, 7) is 8.88. The van der Waals surface area contributed by atoms with Gasteiger partial charge in [0, 0.05) is 23.1 Å². The topological polar surface area (TPSA) is 29.3 Å². The van der Waals surface area contributed by atoms with Crippen molar-refractivity contribution in [3.8, 4) is 0 Å². The van der Waals surface area contributed by atoms with E-state index in [0.717, 1.165) is 11.4 Å². The third-order valence-electron chi connectivity index (χ3n) is 4.11. The van der Waals surface area contributed by atoms with Crippen LogP contribution in [0.25, 0.3) is 0 Å². The number of halogens is 1. The smallest absolute Gasteiger partial charge is 0.0499 e. The predicted molar refractivity (Wildman–Crippen MR) is 84.5 cm³/mol. The molecule has 0 aliphatic carbocycles. The molecule has 0 bridgehead atoms. The second-order valence-electron chi connectivity index (χ2n) is 5.72. The van der Waals surface area contributed by atoms with E-state index < -0.39 is 0 Å². The number of benzene rings is 1. The maximum Gasteiger partial charge on any atom is 0.0499 e. The normalized spacial score (nSPS) is 16.7. The van der Waals surface area contributed by atoms with Gasteiger partial charge >= 0.3 is 0 Å². The van der Waals surface area contributed by atoms with E-state index in [1.54, 1.807) is 0 Å². The first-order chi connectivity index (χ1) is 8.88. The van der Waals surface area contributed by atoms with Crippen molar-refractivity contribution in [2.24, 2.45) is 11.7 Å². The van der Waals surface area contributed by atoms with Crippen molar-refractivity contribution in [3.63, 3.8) is 0 Å². The van der Waals surface area contributed by atoms with Crippen molar-refractivity contribution >= 4 is 11.6 Å². The van der Waals surface area contributed by atoms with Crippen LogP contribution in [-0.2, 0) is 0 Å². The van der Waals surface area contributed by atoms with Crippen molar-refractivity contribution < 1.29 is 0 Å². The second kappa shape index (κ2) is 7.28. The van der Waals surface area contributed by atoms with Crippen LogP contribution >= 0.6 is 11.6 Å². The molecule has 0 amide bonds. The Hall–Kier alpha value is -0.570. The largest absolute Gasteiger partial charge is 0.326 e. The Morgan fingerprint density at radius 1 is 1.26 bits per heavy atom. The van der Waals surface area contributed by atoms with E-state index >= 15 is 0 Å². The summed E-state index contributed by atoms with van der Waals surface area (Å²) in [6.07, 6.45) is 0.951. The summed E-state index contributed by atoms with van der Waals surface area (Å²) in [4.78, 5) is 2.38. The molecule has 3 unspecified atom stereocenters. The molecule has 0 spiro atoms. The monoisotopic (exact) mass is 282 g/mol. The molecule has 1 rings (SSSR count). The van der Waals surface area contributed by atoms with Crippen LogP contribution in [0.3, 0.4) is 0 Å². The van der Waals surface area contributed by atoms with Crippen molar-refractivity contribution in [2.75, 3.05) is 7.05 Å². The highest BCUT2D eigenvalue weighted by molar-refractivity contribution is 6.30. The van der Waals surface area contributed by atoms with E-state index in [-0.39, 0.29) is 12.1 Å². The fourth-order valence-electron chi connectivity index (χ4n) is 2.42. The van der Waals surface area contributed by atoms with Gasteiger partial charge in [-0.15, -0.1) is 0 Å². The van der Waals surface area contributed by atoms with Gasteiger partial charge in [-0.2, -0.15) is 0 Å². The molecule has 3 heteroatoms. The molecule has 0 heterocycles. The van der Waals surface area contributed by atoms with Gasteiger partial charge < -0.3 is 5.73 Å². The Morgan fingerprint density at radius 3 is 2.37 bits per heavy atom. The molecule has 0 aliphatic heterocycles. The number of hydrogen-bond donors (Lipinski definition) is 1. The van der Waals surface area contributed by atoms with Crippen LogP contribution in [0.4, 0.5) is 0 Å². The lowest BCUT2D eigenvalue weighted by atomic mass is 9.93. The number of nitrogens with two attached hydrogens (primary N) is 1. The van der Waals surface area contributed by atoms with Crippen LogP contribution in [-0.4, -0.2) is 24.0 Å². The Kier molecular flexibility index (Phi) is 6.31. The van der Waals surface area contributed by atoms with Gasteiger partial charge in [0.25, 0.3) is 0 Å². The molecule has 3 atom stereocenters. The number of likely N-dealkylation sites (N-methyl/N-ethyl adjacent to an activating group) is 1. The average molecular weight is 283 g/mol. The molecule has 19 heavy (non-hydrogen) atoms. The first-order valence-corrected chi connectivity index (χ1v) is 7.49. The molecule has 0 saturated carbocycles. The molecule has 0 saturated heterocycles. The molecule has 2 nitrogen and oxygen atoms in total. The minimum atomic E-state index is 0.115.